The Hall–Kier alpha value is -1.19. The van der Waals surface area contributed by atoms with E-state index in [1.54, 1.807) is 24.3 Å². The SMILES string of the molecule is O=C(CCc1ccc(Cl)cc1)c1ccc(Br)c(F)c1. The Kier molecular flexibility index (Phi) is 4.72. The largest absolute Gasteiger partial charge is 0.294 e. The number of benzene rings is 2. The van der Waals surface area contributed by atoms with E-state index >= 15 is 0 Å². The highest BCUT2D eigenvalue weighted by atomic mass is 79.9. The molecule has 4 heteroatoms. The zero-order valence-corrected chi connectivity index (χ0v) is 12.3. The first-order chi connectivity index (χ1) is 9.06. The first-order valence-corrected chi connectivity index (χ1v) is 6.96. The first kappa shape index (κ1) is 14.2. The molecule has 0 aliphatic heterocycles. The van der Waals surface area contributed by atoms with Crippen molar-refractivity contribution in [2.24, 2.45) is 0 Å². The lowest BCUT2D eigenvalue weighted by molar-refractivity contribution is 0.0982. The lowest BCUT2D eigenvalue weighted by Crippen LogP contribution is -2.02. The van der Waals surface area contributed by atoms with Gasteiger partial charge in [-0.1, -0.05) is 29.8 Å². The first-order valence-electron chi connectivity index (χ1n) is 5.79. The maximum atomic E-state index is 13.3. The molecule has 98 valence electrons. The highest BCUT2D eigenvalue weighted by Crippen LogP contribution is 2.18. The number of rotatable bonds is 4. The predicted molar refractivity (Wildman–Crippen MR) is 78.2 cm³/mol. The number of hydrogen-bond donors (Lipinski definition) is 0. The normalized spacial score (nSPS) is 10.5. The van der Waals surface area contributed by atoms with Crippen molar-refractivity contribution in [2.45, 2.75) is 12.8 Å². The zero-order valence-electron chi connectivity index (χ0n) is 10.00. The highest BCUT2D eigenvalue weighted by Gasteiger charge is 2.09. The fourth-order valence-electron chi connectivity index (χ4n) is 1.72. The van der Waals surface area contributed by atoms with Crippen LogP contribution in [0.25, 0.3) is 0 Å². The van der Waals surface area contributed by atoms with E-state index in [0.29, 0.717) is 27.9 Å². The number of halogens is 3. The van der Waals surface area contributed by atoms with Gasteiger partial charge in [-0.3, -0.25) is 4.79 Å². The van der Waals surface area contributed by atoms with Gasteiger partial charge in [0.1, 0.15) is 5.82 Å². The third-order valence-corrected chi connectivity index (χ3v) is 3.69. The smallest absolute Gasteiger partial charge is 0.163 e. The van der Waals surface area contributed by atoms with Gasteiger partial charge in [-0.25, -0.2) is 4.39 Å². The molecule has 0 unspecified atom stereocenters. The lowest BCUT2D eigenvalue weighted by atomic mass is 10.0. The molecule has 0 atom stereocenters. The summed E-state index contributed by atoms with van der Waals surface area (Å²) in [6.45, 7) is 0. The van der Waals surface area contributed by atoms with Crippen LogP contribution < -0.4 is 0 Å². The summed E-state index contributed by atoms with van der Waals surface area (Å²) in [5, 5.41) is 0.671. The minimum atomic E-state index is -0.419. The molecule has 0 aromatic heterocycles. The van der Waals surface area contributed by atoms with Crippen molar-refractivity contribution in [2.75, 3.05) is 0 Å². The molecular formula is C15H11BrClFO. The van der Waals surface area contributed by atoms with Gasteiger partial charge in [0.15, 0.2) is 5.78 Å². The maximum absolute atomic E-state index is 13.3. The number of hydrogen-bond acceptors (Lipinski definition) is 1. The van der Waals surface area contributed by atoms with Gasteiger partial charge in [0, 0.05) is 17.0 Å². The quantitative estimate of drug-likeness (QED) is 0.711. The molecule has 0 spiro atoms. The van der Waals surface area contributed by atoms with Crippen molar-refractivity contribution < 1.29 is 9.18 Å². The standard InChI is InChI=1S/C15H11BrClFO/c16-13-7-4-11(9-14(13)18)15(19)8-3-10-1-5-12(17)6-2-10/h1-2,4-7,9H,3,8H2. The number of carbonyl (C=O) groups is 1. The Morgan fingerprint density at radius 1 is 1.16 bits per heavy atom. The number of ketones is 1. The van der Waals surface area contributed by atoms with E-state index in [4.69, 9.17) is 11.6 Å². The molecule has 0 saturated carbocycles. The van der Waals surface area contributed by atoms with Gasteiger partial charge in [0.25, 0.3) is 0 Å². The van der Waals surface area contributed by atoms with Gasteiger partial charge in [-0.15, -0.1) is 0 Å². The number of aryl methyl sites for hydroxylation is 1. The average molecular weight is 342 g/mol. The molecule has 0 saturated heterocycles. The summed E-state index contributed by atoms with van der Waals surface area (Å²) in [6.07, 6.45) is 0.969. The van der Waals surface area contributed by atoms with Gasteiger partial charge in [0.2, 0.25) is 0 Å². The second-order valence-corrected chi connectivity index (χ2v) is 5.47. The average Bonchev–Trinajstić information content (AvgIpc) is 2.41. The second kappa shape index (κ2) is 6.31. The van der Waals surface area contributed by atoms with Crippen molar-refractivity contribution in [1.29, 1.82) is 0 Å². The zero-order chi connectivity index (χ0) is 13.8. The van der Waals surface area contributed by atoms with Gasteiger partial charge in [-0.2, -0.15) is 0 Å². The van der Waals surface area contributed by atoms with Gasteiger partial charge >= 0.3 is 0 Å². The molecule has 0 fully saturated rings. The highest BCUT2D eigenvalue weighted by molar-refractivity contribution is 9.10. The molecule has 0 aliphatic carbocycles. The Bertz CT molecular complexity index is 596. The lowest BCUT2D eigenvalue weighted by Gasteiger charge is -2.03. The fraction of sp³-hybridized carbons (Fsp3) is 0.133. The van der Waals surface area contributed by atoms with Crippen molar-refractivity contribution >= 4 is 33.3 Å². The van der Waals surface area contributed by atoms with E-state index in [1.165, 1.54) is 6.07 Å². The molecule has 2 rings (SSSR count). The van der Waals surface area contributed by atoms with E-state index in [-0.39, 0.29) is 5.78 Å². The minimum Gasteiger partial charge on any atom is -0.294 e. The maximum Gasteiger partial charge on any atom is 0.163 e. The molecule has 2 aromatic carbocycles. The van der Waals surface area contributed by atoms with Crippen molar-refractivity contribution in [1.82, 2.24) is 0 Å². The summed E-state index contributed by atoms with van der Waals surface area (Å²) in [7, 11) is 0. The summed E-state index contributed by atoms with van der Waals surface area (Å²) in [5.74, 6) is -0.487. The Morgan fingerprint density at radius 3 is 2.47 bits per heavy atom. The van der Waals surface area contributed by atoms with Crippen LogP contribution in [0.2, 0.25) is 5.02 Å². The van der Waals surface area contributed by atoms with Crippen LogP contribution in [0.1, 0.15) is 22.3 Å². The summed E-state index contributed by atoms with van der Waals surface area (Å²) in [4.78, 5) is 11.9. The molecule has 0 heterocycles. The van der Waals surface area contributed by atoms with E-state index in [0.717, 1.165) is 5.56 Å². The van der Waals surface area contributed by atoms with Crippen molar-refractivity contribution in [3.63, 3.8) is 0 Å². The third kappa shape index (κ3) is 3.88. The molecule has 0 radical (unpaired) electrons. The van der Waals surface area contributed by atoms with Crippen LogP contribution >= 0.6 is 27.5 Å². The van der Waals surface area contributed by atoms with Crippen LogP contribution in [0.5, 0.6) is 0 Å². The second-order valence-electron chi connectivity index (χ2n) is 4.18. The fourth-order valence-corrected chi connectivity index (χ4v) is 2.10. The summed E-state index contributed by atoms with van der Waals surface area (Å²) < 4.78 is 13.7. The molecule has 19 heavy (non-hydrogen) atoms. The molecular weight excluding hydrogens is 331 g/mol. The molecule has 0 N–H and O–H groups in total. The van der Waals surface area contributed by atoms with Crippen LogP contribution in [0.4, 0.5) is 4.39 Å². The summed E-state index contributed by atoms with van der Waals surface area (Å²) >= 11 is 8.85. The van der Waals surface area contributed by atoms with Crippen molar-refractivity contribution in [3.8, 4) is 0 Å². The summed E-state index contributed by atoms with van der Waals surface area (Å²) in [5.41, 5.74) is 1.44. The predicted octanol–water partition coefficient (Wildman–Crippen LogP) is 5.06. The van der Waals surface area contributed by atoms with Crippen LogP contribution in [0.3, 0.4) is 0 Å². The monoisotopic (exact) mass is 340 g/mol. The molecule has 1 nitrogen and oxygen atoms in total. The van der Waals surface area contributed by atoms with Gasteiger partial charge < -0.3 is 0 Å². The molecule has 2 aromatic rings. The minimum absolute atomic E-state index is 0.0682. The molecule has 0 bridgehead atoms. The van der Waals surface area contributed by atoms with Crippen LogP contribution in [0, 0.1) is 5.82 Å². The molecule has 0 aliphatic rings. The number of Topliss-reactive ketones (excluding diaryl/α,β-unsaturated/α-hetero) is 1. The summed E-state index contributed by atoms with van der Waals surface area (Å²) in [6, 6.07) is 11.8. The van der Waals surface area contributed by atoms with Crippen LogP contribution in [-0.4, -0.2) is 5.78 Å². The Balaban J connectivity index is 2.01. The van der Waals surface area contributed by atoms with Gasteiger partial charge in [-0.05, 0) is 52.2 Å². The number of carbonyl (C=O) groups excluding carboxylic acids is 1. The van der Waals surface area contributed by atoms with E-state index < -0.39 is 5.82 Å². The van der Waals surface area contributed by atoms with E-state index in [2.05, 4.69) is 15.9 Å². The van der Waals surface area contributed by atoms with Gasteiger partial charge in [0.05, 0.1) is 4.47 Å². The van der Waals surface area contributed by atoms with E-state index in [1.807, 2.05) is 12.1 Å². The topological polar surface area (TPSA) is 17.1 Å². The van der Waals surface area contributed by atoms with Crippen molar-refractivity contribution in [3.05, 3.63) is 68.9 Å². The Morgan fingerprint density at radius 2 is 1.84 bits per heavy atom. The van der Waals surface area contributed by atoms with Crippen LogP contribution in [0.15, 0.2) is 46.9 Å². The van der Waals surface area contributed by atoms with Crippen LogP contribution in [-0.2, 0) is 6.42 Å². The Labute approximate surface area is 124 Å². The molecule has 0 amide bonds. The third-order valence-electron chi connectivity index (χ3n) is 2.80. The van der Waals surface area contributed by atoms with E-state index in [9.17, 15) is 9.18 Å².